The molecule has 3 heteroatoms. The second-order valence-electron chi connectivity index (χ2n) is 2.80. The van der Waals surface area contributed by atoms with Crippen LogP contribution in [0.25, 0.3) is 6.08 Å². The van der Waals surface area contributed by atoms with Crippen LogP contribution in [0.3, 0.4) is 0 Å². The number of allylic oxidation sites excluding steroid dienone is 1. The Morgan fingerprint density at radius 1 is 1.43 bits per heavy atom. The predicted molar refractivity (Wildman–Crippen MR) is 56.7 cm³/mol. The van der Waals surface area contributed by atoms with E-state index < -0.39 is 0 Å². The summed E-state index contributed by atoms with van der Waals surface area (Å²) in [5.41, 5.74) is 7.02. The van der Waals surface area contributed by atoms with Gasteiger partial charge in [0.25, 0.3) is 0 Å². The molecular weight excluding hydrogens is 174 g/mol. The highest BCUT2D eigenvalue weighted by Gasteiger charge is 1.93. The third kappa shape index (κ3) is 2.76. The Bertz CT molecular complexity index is 382. The Morgan fingerprint density at radius 3 is 2.57 bits per heavy atom. The number of nitrogens with one attached hydrogen (secondary N) is 1. The van der Waals surface area contributed by atoms with Crippen LogP contribution in [0.5, 0.6) is 0 Å². The minimum atomic E-state index is 0.0672. The smallest absolute Gasteiger partial charge is 0.122 e. The molecule has 0 atom stereocenters. The van der Waals surface area contributed by atoms with E-state index in [4.69, 9.17) is 16.4 Å². The summed E-state index contributed by atoms with van der Waals surface area (Å²) < 4.78 is 0. The first-order chi connectivity index (χ1) is 6.74. The molecule has 0 heterocycles. The number of amidine groups is 1. The summed E-state index contributed by atoms with van der Waals surface area (Å²) in [5.74, 6) is 0.0672. The lowest BCUT2D eigenvalue weighted by Gasteiger charge is -1.97. The highest BCUT2D eigenvalue weighted by Crippen LogP contribution is 2.05. The minimum Gasteiger partial charge on any atom is -0.384 e. The van der Waals surface area contributed by atoms with E-state index in [1.165, 1.54) is 0 Å². The van der Waals surface area contributed by atoms with Crippen LogP contribution in [0.2, 0.25) is 0 Å². The highest BCUT2D eigenvalue weighted by atomic mass is 14.7. The van der Waals surface area contributed by atoms with Crippen LogP contribution >= 0.6 is 0 Å². The van der Waals surface area contributed by atoms with Crippen LogP contribution < -0.4 is 5.73 Å². The zero-order valence-electron chi connectivity index (χ0n) is 7.70. The molecule has 70 valence electrons. The summed E-state index contributed by atoms with van der Waals surface area (Å²) in [6, 6.07) is 9.33. The molecular formula is C11H11N3. The average molecular weight is 185 g/mol. The molecule has 0 aromatic heterocycles. The standard InChI is InChI=1S/C11H11N3/c12-8-2-1-3-9-4-6-10(7-5-9)11(13)14/h1,3-7H,2H2,(H3,13,14). The predicted octanol–water partition coefficient (Wildman–Crippen LogP) is 1.90. The average Bonchev–Trinajstić information content (AvgIpc) is 2.19. The van der Waals surface area contributed by atoms with Crippen molar-refractivity contribution in [3.05, 3.63) is 41.5 Å². The first kappa shape index (κ1) is 10.0. The van der Waals surface area contributed by atoms with Gasteiger partial charge in [-0.15, -0.1) is 0 Å². The van der Waals surface area contributed by atoms with Gasteiger partial charge in [-0.25, -0.2) is 0 Å². The fourth-order valence-corrected chi connectivity index (χ4v) is 1.02. The molecule has 0 saturated carbocycles. The molecule has 0 fully saturated rings. The van der Waals surface area contributed by atoms with Gasteiger partial charge in [-0.1, -0.05) is 36.4 Å². The summed E-state index contributed by atoms with van der Waals surface area (Å²) >= 11 is 0. The van der Waals surface area contributed by atoms with Gasteiger partial charge in [0.1, 0.15) is 5.84 Å². The molecule has 0 amide bonds. The van der Waals surface area contributed by atoms with E-state index in [9.17, 15) is 0 Å². The van der Waals surface area contributed by atoms with Crippen molar-refractivity contribution in [2.75, 3.05) is 0 Å². The monoisotopic (exact) mass is 185 g/mol. The maximum absolute atomic E-state index is 8.32. The van der Waals surface area contributed by atoms with Crippen LogP contribution in [-0.4, -0.2) is 5.84 Å². The number of hydrogen-bond acceptors (Lipinski definition) is 2. The quantitative estimate of drug-likeness (QED) is 0.557. The van der Waals surface area contributed by atoms with Gasteiger partial charge in [0.2, 0.25) is 0 Å². The zero-order chi connectivity index (χ0) is 10.4. The molecule has 0 radical (unpaired) electrons. The highest BCUT2D eigenvalue weighted by molar-refractivity contribution is 5.95. The maximum Gasteiger partial charge on any atom is 0.122 e. The lowest BCUT2D eigenvalue weighted by molar-refractivity contribution is 1.36. The van der Waals surface area contributed by atoms with Gasteiger partial charge < -0.3 is 5.73 Å². The summed E-state index contributed by atoms with van der Waals surface area (Å²) in [5, 5.41) is 15.5. The third-order valence-corrected chi connectivity index (χ3v) is 1.74. The minimum absolute atomic E-state index is 0.0672. The van der Waals surface area contributed by atoms with Gasteiger partial charge in [-0.2, -0.15) is 5.26 Å². The molecule has 1 rings (SSSR count). The summed E-state index contributed by atoms with van der Waals surface area (Å²) in [6.07, 6.45) is 4.07. The van der Waals surface area contributed by atoms with Crippen molar-refractivity contribution in [2.45, 2.75) is 6.42 Å². The van der Waals surface area contributed by atoms with Crippen molar-refractivity contribution in [3.8, 4) is 6.07 Å². The van der Waals surface area contributed by atoms with E-state index in [0.29, 0.717) is 12.0 Å². The van der Waals surface area contributed by atoms with E-state index in [2.05, 4.69) is 0 Å². The lowest BCUT2D eigenvalue weighted by Crippen LogP contribution is -2.10. The summed E-state index contributed by atoms with van der Waals surface area (Å²) in [4.78, 5) is 0. The van der Waals surface area contributed by atoms with Crippen molar-refractivity contribution in [1.29, 1.82) is 10.7 Å². The van der Waals surface area contributed by atoms with Crippen LogP contribution in [0.1, 0.15) is 17.5 Å². The van der Waals surface area contributed by atoms with Gasteiger partial charge in [0, 0.05) is 5.56 Å². The van der Waals surface area contributed by atoms with E-state index in [1.54, 1.807) is 18.2 Å². The van der Waals surface area contributed by atoms with E-state index in [0.717, 1.165) is 5.56 Å². The largest absolute Gasteiger partial charge is 0.384 e. The van der Waals surface area contributed by atoms with E-state index in [1.807, 2.05) is 24.3 Å². The number of rotatable bonds is 3. The zero-order valence-corrected chi connectivity index (χ0v) is 7.70. The second-order valence-corrected chi connectivity index (χ2v) is 2.80. The number of hydrogen-bond donors (Lipinski definition) is 2. The number of nitriles is 1. The molecule has 0 saturated heterocycles. The number of nitrogen functional groups attached to an aromatic ring is 1. The normalized spacial score (nSPS) is 9.93. The molecule has 0 unspecified atom stereocenters. The second kappa shape index (κ2) is 4.83. The van der Waals surface area contributed by atoms with Crippen LogP contribution in [0.15, 0.2) is 30.3 Å². The molecule has 14 heavy (non-hydrogen) atoms. The third-order valence-electron chi connectivity index (χ3n) is 1.74. The molecule has 0 spiro atoms. The van der Waals surface area contributed by atoms with Gasteiger partial charge in [-0.05, 0) is 5.56 Å². The number of nitrogens with zero attached hydrogens (tertiary/aromatic N) is 1. The Hall–Kier alpha value is -2.08. The summed E-state index contributed by atoms with van der Waals surface area (Å²) in [6.45, 7) is 0. The molecule has 0 aliphatic carbocycles. The van der Waals surface area contributed by atoms with Gasteiger partial charge in [-0.3, -0.25) is 5.41 Å². The molecule has 0 aliphatic heterocycles. The van der Waals surface area contributed by atoms with Crippen molar-refractivity contribution < 1.29 is 0 Å². The van der Waals surface area contributed by atoms with Gasteiger partial charge in [0.15, 0.2) is 0 Å². The van der Waals surface area contributed by atoms with Crippen LogP contribution in [-0.2, 0) is 0 Å². The molecule has 0 bridgehead atoms. The molecule has 1 aromatic rings. The number of nitrogens with two attached hydrogens (primary N) is 1. The number of benzene rings is 1. The Labute approximate surface area is 83.0 Å². The van der Waals surface area contributed by atoms with Crippen molar-refractivity contribution in [3.63, 3.8) is 0 Å². The van der Waals surface area contributed by atoms with Crippen molar-refractivity contribution in [2.24, 2.45) is 5.73 Å². The fraction of sp³-hybridized carbons (Fsp3) is 0.0909. The maximum atomic E-state index is 8.32. The first-order valence-corrected chi connectivity index (χ1v) is 4.22. The Kier molecular flexibility index (Phi) is 3.45. The Balaban J connectivity index is 2.74. The Morgan fingerprint density at radius 2 is 2.07 bits per heavy atom. The van der Waals surface area contributed by atoms with Crippen LogP contribution in [0.4, 0.5) is 0 Å². The van der Waals surface area contributed by atoms with Gasteiger partial charge >= 0.3 is 0 Å². The van der Waals surface area contributed by atoms with Crippen LogP contribution in [0, 0.1) is 16.7 Å². The molecule has 0 aliphatic rings. The molecule has 1 aromatic carbocycles. The van der Waals surface area contributed by atoms with Crippen molar-refractivity contribution in [1.82, 2.24) is 0 Å². The van der Waals surface area contributed by atoms with Crippen molar-refractivity contribution >= 4 is 11.9 Å². The fourth-order valence-electron chi connectivity index (χ4n) is 1.02. The lowest BCUT2D eigenvalue weighted by atomic mass is 10.1. The van der Waals surface area contributed by atoms with E-state index in [-0.39, 0.29) is 5.84 Å². The SMILES string of the molecule is N#CCC=Cc1ccc(C(=N)N)cc1. The molecule has 3 nitrogen and oxygen atoms in total. The first-order valence-electron chi connectivity index (χ1n) is 4.22. The summed E-state index contributed by atoms with van der Waals surface area (Å²) in [7, 11) is 0. The van der Waals surface area contributed by atoms with E-state index >= 15 is 0 Å². The van der Waals surface area contributed by atoms with Gasteiger partial charge in [0.05, 0.1) is 12.5 Å². The molecule has 3 N–H and O–H groups in total. The topological polar surface area (TPSA) is 73.7 Å².